The second kappa shape index (κ2) is 10.3. The number of aliphatic hydroxyl groups is 1. The van der Waals surface area contributed by atoms with Gasteiger partial charge in [-0.3, -0.25) is 9.59 Å². The van der Waals surface area contributed by atoms with Crippen LogP contribution in [0.2, 0.25) is 0 Å². The normalized spacial score (nSPS) is 16.4. The highest BCUT2D eigenvalue weighted by Gasteiger charge is 2.44. The van der Waals surface area contributed by atoms with Gasteiger partial charge in [0.05, 0.1) is 34.3 Å². The molecule has 8 heteroatoms. The summed E-state index contributed by atoms with van der Waals surface area (Å²) in [7, 11) is 1.57. The summed E-state index contributed by atoms with van der Waals surface area (Å²) < 4.78 is 5.37. The molecule has 0 saturated heterocycles. The zero-order valence-electron chi connectivity index (χ0n) is 19.3. The zero-order valence-corrected chi connectivity index (χ0v) is 20.2. The average Bonchev–Trinajstić information content (AvgIpc) is 3.26. The van der Waals surface area contributed by atoms with Crippen molar-refractivity contribution in [3.05, 3.63) is 56.7 Å². The summed E-state index contributed by atoms with van der Waals surface area (Å²) in [4.78, 5) is 35.3. The number of aromatic nitrogens is 1. The number of methoxy groups -OCH3 is 1. The van der Waals surface area contributed by atoms with E-state index in [1.165, 1.54) is 11.3 Å². The van der Waals surface area contributed by atoms with Crippen LogP contribution < -0.4 is 4.74 Å². The molecule has 1 amide bonds. The molecule has 1 aromatic carbocycles. The maximum absolute atomic E-state index is 13.5. The number of rotatable bonds is 10. The molecule has 1 aliphatic rings. The minimum absolute atomic E-state index is 0.109. The minimum Gasteiger partial charge on any atom is -0.503 e. The first-order chi connectivity index (χ1) is 15.3. The summed E-state index contributed by atoms with van der Waals surface area (Å²) in [6.07, 6.45) is 0.737. The van der Waals surface area contributed by atoms with Crippen molar-refractivity contribution in [3.63, 3.8) is 0 Å². The molecule has 1 aliphatic heterocycles. The Hall–Kier alpha value is -2.71. The van der Waals surface area contributed by atoms with Crippen molar-refractivity contribution in [2.75, 3.05) is 33.3 Å². The van der Waals surface area contributed by atoms with E-state index in [2.05, 4.69) is 23.7 Å². The Morgan fingerprint density at radius 3 is 2.59 bits per heavy atom. The third-order valence-electron chi connectivity index (χ3n) is 5.84. The molecule has 3 rings (SSSR count). The van der Waals surface area contributed by atoms with Gasteiger partial charge in [0.2, 0.25) is 5.78 Å². The number of carbonyl (C=O) groups is 2. The van der Waals surface area contributed by atoms with Crippen LogP contribution in [0.25, 0.3) is 0 Å². The van der Waals surface area contributed by atoms with Gasteiger partial charge in [-0.15, -0.1) is 11.3 Å². The van der Waals surface area contributed by atoms with Crippen LogP contribution in [0.1, 0.15) is 52.2 Å². The number of aliphatic hydroxyl groups excluding tert-OH is 1. The van der Waals surface area contributed by atoms with E-state index in [1.807, 2.05) is 31.2 Å². The standard InChI is InChI=1S/C24H31N3O4S/c1-6-26(7-2)12-9-13-27-20(17-10-8-11-18(14-17)31-5)19(22(29)24(27)30)21(28)23-15(3)25-16(4)32-23/h8,10-11,14,20,29H,6-7,9,12-13H2,1-5H3/t20-/m1/s1. The maximum Gasteiger partial charge on any atom is 0.290 e. The van der Waals surface area contributed by atoms with Crippen LogP contribution in [0.4, 0.5) is 0 Å². The number of thiazole rings is 1. The van der Waals surface area contributed by atoms with Crippen molar-refractivity contribution >= 4 is 23.0 Å². The fourth-order valence-corrected chi connectivity index (χ4v) is 5.02. The third-order valence-corrected chi connectivity index (χ3v) is 6.91. The van der Waals surface area contributed by atoms with E-state index in [-0.39, 0.29) is 11.4 Å². The Morgan fingerprint density at radius 2 is 2.00 bits per heavy atom. The number of nitrogens with zero attached hydrogens (tertiary/aromatic N) is 3. The monoisotopic (exact) mass is 457 g/mol. The number of carbonyl (C=O) groups excluding carboxylic acids is 2. The van der Waals surface area contributed by atoms with Gasteiger partial charge in [0, 0.05) is 6.54 Å². The van der Waals surface area contributed by atoms with E-state index in [1.54, 1.807) is 18.9 Å². The van der Waals surface area contributed by atoms with Crippen molar-refractivity contribution < 1.29 is 19.4 Å². The average molecular weight is 458 g/mol. The van der Waals surface area contributed by atoms with Crippen LogP contribution in [0.5, 0.6) is 5.75 Å². The van der Waals surface area contributed by atoms with Crippen LogP contribution in [-0.2, 0) is 4.79 Å². The predicted molar refractivity (Wildman–Crippen MR) is 125 cm³/mol. The van der Waals surface area contributed by atoms with Gasteiger partial charge < -0.3 is 19.6 Å². The lowest BCUT2D eigenvalue weighted by Crippen LogP contribution is -2.34. The van der Waals surface area contributed by atoms with E-state index < -0.39 is 17.7 Å². The summed E-state index contributed by atoms with van der Waals surface area (Å²) >= 11 is 1.28. The molecule has 1 atom stereocenters. The van der Waals surface area contributed by atoms with E-state index in [4.69, 9.17) is 4.74 Å². The van der Waals surface area contributed by atoms with Crippen LogP contribution >= 0.6 is 11.3 Å². The highest BCUT2D eigenvalue weighted by Crippen LogP contribution is 2.41. The quantitative estimate of drug-likeness (QED) is 0.542. The Bertz CT molecular complexity index is 1030. The number of amides is 1. The van der Waals surface area contributed by atoms with Gasteiger partial charge in [0.25, 0.3) is 5.91 Å². The number of hydrogen-bond acceptors (Lipinski definition) is 7. The van der Waals surface area contributed by atoms with Crippen molar-refractivity contribution in [1.82, 2.24) is 14.8 Å². The molecule has 7 nitrogen and oxygen atoms in total. The molecule has 1 N–H and O–H groups in total. The highest BCUT2D eigenvalue weighted by molar-refractivity contribution is 7.14. The number of ether oxygens (including phenoxy) is 1. The summed E-state index contributed by atoms with van der Waals surface area (Å²) in [5.74, 6) is -0.713. The van der Waals surface area contributed by atoms with Gasteiger partial charge in [-0.25, -0.2) is 4.98 Å². The second-order valence-corrected chi connectivity index (χ2v) is 9.00. The van der Waals surface area contributed by atoms with Crippen molar-refractivity contribution in [2.24, 2.45) is 0 Å². The molecule has 0 bridgehead atoms. The zero-order chi connectivity index (χ0) is 23.4. The largest absolute Gasteiger partial charge is 0.503 e. The van der Waals surface area contributed by atoms with Gasteiger partial charge in [0.1, 0.15) is 5.75 Å². The molecule has 0 saturated carbocycles. The van der Waals surface area contributed by atoms with Crippen molar-refractivity contribution in [2.45, 2.75) is 40.2 Å². The topological polar surface area (TPSA) is 83.0 Å². The van der Waals surface area contributed by atoms with E-state index >= 15 is 0 Å². The predicted octanol–water partition coefficient (Wildman–Crippen LogP) is 4.08. The maximum atomic E-state index is 13.5. The van der Waals surface area contributed by atoms with Crippen molar-refractivity contribution in [3.8, 4) is 5.75 Å². The highest BCUT2D eigenvalue weighted by atomic mass is 32.1. The number of aryl methyl sites for hydroxylation is 2. The number of ketones is 1. The molecule has 0 radical (unpaired) electrons. The molecule has 2 heterocycles. The first-order valence-corrected chi connectivity index (χ1v) is 11.7. The SMILES string of the molecule is CCN(CC)CCCN1C(=O)C(O)=C(C(=O)c2sc(C)nc2C)[C@H]1c1cccc(OC)c1. The molecule has 2 aromatic rings. The van der Waals surface area contributed by atoms with Crippen LogP contribution in [0.3, 0.4) is 0 Å². The minimum atomic E-state index is -0.677. The van der Waals surface area contributed by atoms with E-state index in [9.17, 15) is 14.7 Å². The van der Waals surface area contributed by atoms with Gasteiger partial charge in [0.15, 0.2) is 5.76 Å². The number of benzene rings is 1. The summed E-state index contributed by atoms with van der Waals surface area (Å²) in [6, 6.07) is 6.63. The first-order valence-electron chi connectivity index (χ1n) is 10.9. The summed E-state index contributed by atoms with van der Waals surface area (Å²) in [6.45, 7) is 10.9. The molecule has 1 aromatic heterocycles. The fraction of sp³-hybridized carbons (Fsp3) is 0.458. The molecular formula is C24H31N3O4S. The Labute approximate surface area is 193 Å². The Morgan fingerprint density at radius 1 is 1.28 bits per heavy atom. The lowest BCUT2D eigenvalue weighted by molar-refractivity contribution is -0.129. The van der Waals surface area contributed by atoms with E-state index in [0.29, 0.717) is 22.9 Å². The second-order valence-electron chi connectivity index (χ2n) is 7.80. The smallest absolute Gasteiger partial charge is 0.290 e. The van der Waals surface area contributed by atoms with Crippen LogP contribution in [-0.4, -0.2) is 64.9 Å². The number of Topliss-reactive ketones (excluding diaryl/α,β-unsaturated/α-hetero) is 1. The van der Waals surface area contributed by atoms with E-state index in [0.717, 1.165) is 36.6 Å². The summed E-state index contributed by atoms with van der Waals surface area (Å²) in [5, 5.41) is 11.6. The molecular weight excluding hydrogens is 426 g/mol. The van der Waals surface area contributed by atoms with Crippen LogP contribution in [0.15, 0.2) is 35.6 Å². The van der Waals surface area contributed by atoms with Gasteiger partial charge in [-0.05, 0) is 57.6 Å². The fourth-order valence-electron chi connectivity index (χ4n) is 4.14. The Balaban J connectivity index is 2.00. The van der Waals surface area contributed by atoms with Crippen LogP contribution in [0, 0.1) is 13.8 Å². The number of hydrogen-bond donors (Lipinski definition) is 1. The molecule has 0 spiro atoms. The third kappa shape index (κ3) is 4.71. The molecule has 0 fully saturated rings. The molecule has 32 heavy (non-hydrogen) atoms. The molecule has 0 aliphatic carbocycles. The lowest BCUT2D eigenvalue weighted by Gasteiger charge is -2.28. The van der Waals surface area contributed by atoms with Crippen molar-refractivity contribution in [1.29, 1.82) is 0 Å². The lowest BCUT2D eigenvalue weighted by atomic mass is 9.95. The molecule has 172 valence electrons. The van der Waals surface area contributed by atoms with Gasteiger partial charge in [-0.1, -0.05) is 26.0 Å². The molecule has 0 unspecified atom stereocenters. The van der Waals surface area contributed by atoms with Gasteiger partial charge >= 0.3 is 0 Å². The van der Waals surface area contributed by atoms with Gasteiger partial charge in [-0.2, -0.15) is 0 Å². The summed E-state index contributed by atoms with van der Waals surface area (Å²) in [5.41, 5.74) is 1.44. The first kappa shape index (κ1) is 23.9. The Kier molecular flexibility index (Phi) is 7.69.